The van der Waals surface area contributed by atoms with Gasteiger partial charge in [0.15, 0.2) is 0 Å². The van der Waals surface area contributed by atoms with Gasteiger partial charge >= 0.3 is 5.97 Å². The van der Waals surface area contributed by atoms with Crippen LogP contribution in [0.4, 0.5) is 0 Å². The maximum Gasteiger partial charge on any atom is 0.338 e. The number of methoxy groups -OCH3 is 1. The molecule has 0 unspecified atom stereocenters. The largest absolute Gasteiger partial charge is 0.497 e. The summed E-state index contributed by atoms with van der Waals surface area (Å²) in [6.07, 6.45) is 0. The van der Waals surface area contributed by atoms with Gasteiger partial charge in [-0.1, -0.05) is 6.07 Å². The first kappa shape index (κ1) is 9.58. The molecule has 3 nitrogen and oxygen atoms in total. The van der Waals surface area contributed by atoms with Crippen molar-refractivity contribution in [1.29, 1.82) is 0 Å². The summed E-state index contributed by atoms with van der Waals surface area (Å²) in [6.45, 7) is 3.55. The van der Waals surface area contributed by atoms with Crippen LogP contribution < -0.4 is 4.74 Å². The highest BCUT2D eigenvalue weighted by Crippen LogP contribution is 2.13. The van der Waals surface area contributed by atoms with Crippen molar-refractivity contribution < 1.29 is 14.3 Å². The van der Waals surface area contributed by atoms with Crippen molar-refractivity contribution in [2.75, 3.05) is 13.7 Å². The van der Waals surface area contributed by atoms with E-state index in [1.807, 2.05) is 0 Å². The number of benzene rings is 1. The first-order chi connectivity index (χ1) is 6.27. The predicted octanol–water partition coefficient (Wildman–Crippen LogP) is 1.69. The Balaban J connectivity index is 2.82. The molecule has 0 aliphatic heterocycles. The molecule has 1 aromatic rings. The third-order valence-electron chi connectivity index (χ3n) is 1.54. The van der Waals surface area contributed by atoms with Crippen molar-refractivity contribution in [3.05, 3.63) is 36.8 Å². The molecule has 0 bridgehead atoms. The summed E-state index contributed by atoms with van der Waals surface area (Å²) in [5.74, 6) is 0.257. The molecule has 1 radical (unpaired) electrons. The van der Waals surface area contributed by atoms with E-state index in [-0.39, 0.29) is 12.6 Å². The van der Waals surface area contributed by atoms with Crippen LogP contribution in [0.15, 0.2) is 24.3 Å². The van der Waals surface area contributed by atoms with E-state index in [4.69, 9.17) is 9.47 Å². The van der Waals surface area contributed by atoms with E-state index in [9.17, 15) is 4.79 Å². The Morgan fingerprint density at radius 1 is 1.54 bits per heavy atom. The van der Waals surface area contributed by atoms with Gasteiger partial charge in [0.05, 0.1) is 19.3 Å². The third-order valence-corrected chi connectivity index (χ3v) is 1.54. The first-order valence-electron chi connectivity index (χ1n) is 3.88. The normalized spacial score (nSPS) is 9.38. The predicted molar refractivity (Wildman–Crippen MR) is 48.6 cm³/mol. The van der Waals surface area contributed by atoms with Crippen LogP contribution in [-0.2, 0) is 4.74 Å². The highest BCUT2D eigenvalue weighted by molar-refractivity contribution is 5.89. The van der Waals surface area contributed by atoms with Gasteiger partial charge in [-0.3, -0.25) is 0 Å². The fourth-order valence-electron chi connectivity index (χ4n) is 0.926. The van der Waals surface area contributed by atoms with Gasteiger partial charge in [-0.2, -0.15) is 0 Å². The van der Waals surface area contributed by atoms with Crippen LogP contribution in [0, 0.1) is 6.92 Å². The van der Waals surface area contributed by atoms with Crippen molar-refractivity contribution in [2.24, 2.45) is 0 Å². The minimum Gasteiger partial charge on any atom is -0.497 e. The molecule has 0 saturated heterocycles. The van der Waals surface area contributed by atoms with Gasteiger partial charge in [-0.25, -0.2) is 4.79 Å². The Morgan fingerprint density at radius 3 is 2.92 bits per heavy atom. The van der Waals surface area contributed by atoms with Gasteiger partial charge < -0.3 is 9.47 Å². The van der Waals surface area contributed by atoms with Crippen molar-refractivity contribution in [2.45, 2.75) is 0 Å². The Bertz CT molecular complexity index is 294. The molecule has 0 atom stereocenters. The molecule has 13 heavy (non-hydrogen) atoms. The van der Waals surface area contributed by atoms with Gasteiger partial charge in [0, 0.05) is 0 Å². The molecular weight excluding hydrogens is 168 g/mol. The van der Waals surface area contributed by atoms with Crippen LogP contribution in [-0.4, -0.2) is 19.7 Å². The average Bonchev–Trinajstić information content (AvgIpc) is 2.18. The monoisotopic (exact) mass is 179 g/mol. The first-order valence-corrected chi connectivity index (χ1v) is 3.88. The van der Waals surface area contributed by atoms with E-state index >= 15 is 0 Å². The van der Waals surface area contributed by atoms with E-state index in [0.29, 0.717) is 11.3 Å². The number of ether oxygens (including phenoxy) is 2. The minimum atomic E-state index is -0.381. The molecule has 1 rings (SSSR count). The van der Waals surface area contributed by atoms with Crippen LogP contribution in [0.5, 0.6) is 5.75 Å². The molecule has 0 aliphatic rings. The van der Waals surface area contributed by atoms with Gasteiger partial charge in [0.25, 0.3) is 0 Å². The molecule has 0 aromatic heterocycles. The standard InChI is InChI=1S/C10H11O3/c1-3-13-10(11)8-5-4-6-9(7-8)12-2/h4-7H,1,3H2,2H3. The van der Waals surface area contributed by atoms with Crippen LogP contribution in [0.1, 0.15) is 10.4 Å². The number of rotatable bonds is 3. The summed E-state index contributed by atoms with van der Waals surface area (Å²) < 4.78 is 9.68. The fraction of sp³-hybridized carbons (Fsp3) is 0.200. The number of hydrogen-bond acceptors (Lipinski definition) is 3. The zero-order valence-corrected chi connectivity index (χ0v) is 7.45. The topological polar surface area (TPSA) is 35.5 Å². The lowest BCUT2D eigenvalue weighted by molar-refractivity contribution is 0.0547. The smallest absolute Gasteiger partial charge is 0.338 e. The van der Waals surface area contributed by atoms with Crippen molar-refractivity contribution in [3.8, 4) is 5.75 Å². The van der Waals surface area contributed by atoms with Crippen LogP contribution in [0.2, 0.25) is 0 Å². The molecular formula is C10H11O3. The van der Waals surface area contributed by atoms with Crippen molar-refractivity contribution in [1.82, 2.24) is 0 Å². The molecule has 0 N–H and O–H groups in total. The number of hydrogen-bond donors (Lipinski definition) is 0. The molecule has 69 valence electrons. The van der Waals surface area contributed by atoms with Crippen molar-refractivity contribution >= 4 is 5.97 Å². The maximum atomic E-state index is 11.2. The molecule has 0 saturated carbocycles. The van der Waals surface area contributed by atoms with Gasteiger partial charge in [0.1, 0.15) is 5.75 Å². The summed E-state index contributed by atoms with van der Waals surface area (Å²) in [6, 6.07) is 6.79. The molecule has 0 amide bonds. The van der Waals surface area contributed by atoms with E-state index in [0.717, 1.165) is 0 Å². The maximum absolute atomic E-state index is 11.2. The molecule has 0 spiro atoms. The lowest BCUT2D eigenvalue weighted by Gasteiger charge is -2.03. The fourth-order valence-corrected chi connectivity index (χ4v) is 0.926. The Hall–Kier alpha value is -1.51. The minimum absolute atomic E-state index is 0.135. The zero-order valence-electron chi connectivity index (χ0n) is 7.45. The van der Waals surface area contributed by atoms with Gasteiger partial charge in [-0.15, -0.1) is 0 Å². The zero-order chi connectivity index (χ0) is 9.68. The second-order valence-electron chi connectivity index (χ2n) is 2.37. The Kier molecular flexibility index (Phi) is 3.31. The van der Waals surface area contributed by atoms with Crippen LogP contribution in [0.3, 0.4) is 0 Å². The molecule has 3 heteroatoms. The van der Waals surface area contributed by atoms with Gasteiger partial charge in [-0.05, 0) is 25.1 Å². The summed E-state index contributed by atoms with van der Waals surface area (Å²) in [7, 11) is 1.55. The van der Waals surface area contributed by atoms with Gasteiger partial charge in [0.2, 0.25) is 0 Å². The molecule has 1 aromatic carbocycles. The summed E-state index contributed by atoms with van der Waals surface area (Å²) >= 11 is 0. The van der Waals surface area contributed by atoms with E-state index < -0.39 is 0 Å². The molecule has 0 fully saturated rings. The van der Waals surface area contributed by atoms with Crippen LogP contribution >= 0.6 is 0 Å². The van der Waals surface area contributed by atoms with Crippen molar-refractivity contribution in [3.63, 3.8) is 0 Å². The SMILES string of the molecule is [CH2]COC(=O)c1cccc(OC)c1. The van der Waals surface area contributed by atoms with E-state index in [2.05, 4.69) is 6.92 Å². The van der Waals surface area contributed by atoms with E-state index in [1.165, 1.54) is 0 Å². The Morgan fingerprint density at radius 2 is 2.31 bits per heavy atom. The second kappa shape index (κ2) is 4.50. The second-order valence-corrected chi connectivity index (χ2v) is 2.37. The molecule has 0 heterocycles. The quantitative estimate of drug-likeness (QED) is 0.662. The molecule has 0 aliphatic carbocycles. The lowest BCUT2D eigenvalue weighted by Crippen LogP contribution is -2.04. The number of carbonyl (C=O) groups excluding carboxylic acids is 1. The Labute approximate surface area is 77.3 Å². The number of esters is 1. The number of carbonyl (C=O) groups is 1. The highest BCUT2D eigenvalue weighted by atomic mass is 16.5. The average molecular weight is 179 g/mol. The van der Waals surface area contributed by atoms with E-state index in [1.54, 1.807) is 31.4 Å². The lowest BCUT2D eigenvalue weighted by atomic mass is 10.2. The summed E-state index contributed by atoms with van der Waals surface area (Å²) in [4.78, 5) is 11.2. The summed E-state index contributed by atoms with van der Waals surface area (Å²) in [5, 5.41) is 0. The summed E-state index contributed by atoms with van der Waals surface area (Å²) in [5.41, 5.74) is 0.475. The third kappa shape index (κ3) is 2.47. The highest BCUT2D eigenvalue weighted by Gasteiger charge is 2.05. The van der Waals surface area contributed by atoms with Crippen LogP contribution in [0.25, 0.3) is 0 Å².